The first-order valence-electron chi connectivity index (χ1n) is 4.77. The zero-order chi connectivity index (χ0) is 10.3. The van der Waals surface area contributed by atoms with E-state index in [-0.39, 0.29) is 18.5 Å². The number of carboxylic acid groups (broad SMARTS) is 1. The Morgan fingerprint density at radius 2 is 1.92 bits per heavy atom. The molecular weight excluding hydrogens is 168 g/mol. The van der Waals surface area contributed by atoms with Crippen LogP contribution in [0.4, 0.5) is 0 Å². The number of unbranched alkanes of at least 4 members (excludes halogenated alkanes) is 2. The van der Waals surface area contributed by atoms with Crippen LogP contribution in [0.3, 0.4) is 0 Å². The Balaban J connectivity index is 3.21. The fraction of sp³-hybridized carbons (Fsp3) is 0.889. The van der Waals surface area contributed by atoms with Gasteiger partial charge in [-0.15, -0.1) is 0 Å². The topological polar surface area (TPSA) is 89.3 Å². The molecule has 0 bridgehead atoms. The molecule has 0 aliphatic heterocycles. The SMILES string of the molecule is C[C@H](N)[C@H](N)CCCCCC(=O)O. The van der Waals surface area contributed by atoms with E-state index in [9.17, 15) is 4.79 Å². The fourth-order valence-electron chi connectivity index (χ4n) is 1.10. The summed E-state index contributed by atoms with van der Waals surface area (Å²) in [6.45, 7) is 1.89. The maximum Gasteiger partial charge on any atom is 0.303 e. The Bertz CT molecular complexity index is 149. The Kier molecular flexibility index (Phi) is 6.54. The first-order valence-corrected chi connectivity index (χ1v) is 4.77. The Hall–Kier alpha value is -0.610. The lowest BCUT2D eigenvalue weighted by molar-refractivity contribution is -0.137. The zero-order valence-electron chi connectivity index (χ0n) is 8.20. The highest BCUT2D eigenvalue weighted by molar-refractivity contribution is 5.66. The number of carbonyl (C=O) groups is 1. The highest BCUT2D eigenvalue weighted by Gasteiger charge is 2.06. The maximum atomic E-state index is 10.2. The largest absolute Gasteiger partial charge is 0.481 e. The molecule has 5 N–H and O–H groups in total. The first-order chi connectivity index (χ1) is 6.04. The lowest BCUT2D eigenvalue weighted by Crippen LogP contribution is -2.38. The van der Waals surface area contributed by atoms with Gasteiger partial charge in [0.2, 0.25) is 0 Å². The molecule has 0 radical (unpaired) electrons. The van der Waals surface area contributed by atoms with Crippen LogP contribution in [-0.2, 0) is 4.79 Å². The van der Waals surface area contributed by atoms with E-state index in [0.717, 1.165) is 25.7 Å². The summed E-state index contributed by atoms with van der Waals surface area (Å²) in [5.74, 6) is -0.725. The van der Waals surface area contributed by atoms with E-state index in [1.807, 2.05) is 6.92 Å². The molecular formula is C9H20N2O2. The lowest BCUT2D eigenvalue weighted by Gasteiger charge is -2.14. The van der Waals surface area contributed by atoms with Crippen LogP contribution in [0, 0.1) is 0 Å². The molecule has 0 rings (SSSR count). The van der Waals surface area contributed by atoms with Crippen molar-refractivity contribution in [1.29, 1.82) is 0 Å². The van der Waals surface area contributed by atoms with Crippen molar-refractivity contribution in [2.45, 2.75) is 51.1 Å². The summed E-state index contributed by atoms with van der Waals surface area (Å²) in [4.78, 5) is 10.2. The third-order valence-corrected chi connectivity index (χ3v) is 2.10. The van der Waals surface area contributed by atoms with Crippen molar-refractivity contribution < 1.29 is 9.90 Å². The van der Waals surface area contributed by atoms with Crippen molar-refractivity contribution in [2.75, 3.05) is 0 Å². The molecule has 0 fully saturated rings. The van der Waals surface area contributed by atoms with E-state index in [2.05, 4.69) is 0 Å². The van der Waals surface area contributed by atoms with E-state index in [0.29, 0.717) is 0 Å². The van der Waals surface area contributed by atoms with Gasteiger partial charge in [0.25, 0.3) is 0 Å². The van der Waals surface area contributed by atoms with Crippen LogP contribution in [0.15, 0.2) is 0 Å². The Labute approximate surface area is 79.3 Å². The van der Waals surface area contributed by atoms with E-state index in [1.54, 1.807) is 0 Å². The van der Waals surface area contributed by atoms with Crippen LogP contribution < -0.4 is 11.5 Å². The molecule has 0 spiro atoms. The second kappa shape index (κ2) is 6.86. The van der Waals surface area contributed by atoms with Crippen LogP contribution >= 0.6 is 0 Å². The predicted octanol–water partition coefficient (Wildman–Crippen LogP) is 0.696. The third kappa shape index (κ3) is 7.74. The summed E-state index contributed by atoms with van der Waals surface area (Å²) >= 11 is 0. The molecule has 4 nitrogen and oxygen atoms in total. The van der Waals surface area contributed by atoms with Gasteiger partial charge in [0.15, 0.2) is 0 Å². The number of hydrogen-bond acceptors (Lipinski definition) is 3. The molecule has 0 saturated heterocycles. The highest BCUT2D eigenvalue weighted by Crippen LogP contribution is 2.05. The van der Waals surface area contributed by atoms with E-state index >= 15 is 0 Å². The minimum atomic E-state index is -0.725. The van der Waals surface area contributed by atoms with Crippen LogP contribution in [0.1, 0.15) is 39.0 Å². The summed E-state index contributed by atoms with van der Waals surface area (Å²) in [5.41, 5.74) is 11.3. The van der Waals surface area contributed by atoms with Crippen LogP contribution in [-0.4, -0.2) is 23.2 Å². The van der Waals surface area contributed by atoms with Gasteiger partial charge in [-0.05, 0) is 19.8 Å². The summed E-state index contributed by atoms with van der Waals surface area (Å²) in [5, 5.41) is 8.37. The van der Waals surface area contributed by atoms with Gasteiger partial charge in [-0.3, -0.25) is 4.79 Å². The summed E-state index contributed by atoms with van der Waals surface area (Å²) < 4.78 is 0. The van der Waals surface area contributed by atoms with Gasteiger partial charge >= 0.3 is 5.97 Å². The van der Waals surface area contributed by atoms with Gasteiger partial charge in [0.1, 0.15) is 0 Å². The molecule has 0 aromatic heterocycles. The standard InChI is InChI=1S/C9H20N2O2/c1-7(10)8(11)5-3-2-4-6-9(12)13/h7-8H,2-6,10-11H2,1H3,(H,12,13)/t7-,8+/m0/s1. The smallest absolute Gasteiger partial charge is 0.303 e. The fourth-order valence-corrected chi connectivity index (χ4v) is 1.10. The molecule has 0 amide bonds. The number of rotatable bonds is 7. The number of aliphatic carboxylic acids is 1. The van der Waals surface area contributed by atoms with Crippen molar-refractivity contribution in [3.8, 4) is 0 Å². The van der Waals surface area contributed by atoms with Gasteiger partial charge in [-0.1, -0.05) is 12.8 Å². The summed E-state index contributed by atoms with van der Waals surface area (Å²) in [7, 11) is 0. The predicted molar refractivity (Wildman–Crippen MR) is 52.3 cm³/mol. The van der Waals surface area contributed by atoms with E-state index < -0.39 is 5.97 Å². The van der Waals surface area contributed by atoms with Crippen molar-refractivity contribution in [3.05, 3.63) is 0 Å². The molecule has 4 heteroatoms. The van der Waals surface area contributed by atoms with Crippen molar-refractivity contribution >= 4 is 5.97 Å². The lowest BCUT2D eigenvalue weighted by atomic mass is 10.0. The number of carboxylic acids is 1. The molecule has 13 heavy (non-hydrogen) atoms. The zero-order valence-corrected chi connectivity index (χ0v) is 8.20. The second-order valence-electron chi connectivity index (χ2n) is 3.52. The molecule has 0 aromatic carbocycles. The minimum Gasteiger partial charge on any atom is -0.481 e. The molecule has 2 atom stereocenters. The van der Waals surface area contributed by atoms with Gasteiger partial charge in [0.05, 0.1) is 0 Å². The molecule has 0 heterocycles. The Morgan fingerprint density at radius 1 is 1.31 bits per heavy atom. The maximum absolute atomic E-state index is 10.2. The van der Waals surface area contributed by atoms with E-state index in [1.165, 1.54) is 0 Å². The normalized spacial score (nSPS) is 15.3. The average molecular weight is 188 g/mol. The van der Waals surface area contributed by atoms with Crippen LogP contribution in [0.2, 0.25) is 0 Å². The molecule has 0 unspecified atom stereocenters. The Morgan fingerprint density at radius 3 is 2.38 bits per heavy atom. The van der Waals surface area contributed by atoms with Gasteiger partial charge in [0, 0.05) is 18.5 Å². The number of hydrogen-bond donors (Lipinski definition) is 3. The molecule has 0 aliphatic carbocycles. The third-order valence-electron chi connectivity index (χ3n) is 2.10. The molecule has 78 valence electrons. The second-order valence-corrected chi connectivity index (χ2v) is 3.52. The molecule has 0 aliphatic rings. The van der Waals surface area contributed by atoms with Crippen molar-refractivity contribution in [2.24, 2.45) is 11.5 Å². The quantitative estimate of drug-likeness (QED) is 0.513. The molecule has 0 aromatic rings. The van der Waals surface area contributed by atoms with Crippen molar-refractivity contribution in [3.63, 3.8) is 0 Å². The van der Waals surface area contributed by atoms with Crippen molar-refractivity contribution in [1.82, 2.24) is 0 Å². The minimum absolute atomic E-state index is 0.0273. The summed E-state index contributed by atoms with van der Waals surface area (Å²) in [6, 6.07) is 0.0734. The van der Waals surface area contributed by atoms with Crippen LogP contribution in [0.25, 0.3) is 0 Å². The highest BCUT2D eigenvalue weighted by atomic mass is 16.4. The first kappa shape index (κ1) is 12.4. The monoisotopic (exact) mass is 188 g/mol. The van der Waals surface area contributed by atoms with Gasteiger partial charge in [-0.2, -0.15) is 0 Å². The average Bonchev–Trinajstić information content (AvgIpc) is 2.02. The number of nitrogens with two attached hydrogens (primary N) is 2. The van der Waals surface area contributed by atoms with Crippen LogP contribution in [0.5, 0.6) is 0 Å². The van der Waals surface area contributed by atoms with Gasteiger partial charge < -0.3 is 16.6 Å². The molecule has 0 saturated carbocycles. The van der Waals surface area contributed by atoms with Gasteiger partial charge in [-0.25, -0.2) is 0 Å². The summed E-state index contributed by atoms with van der Waals surface area (Å²) in [6.07, 6.45) is 3.77. The van der Waals surface area contributed by atoms with E-state index in [4.69, 9.17) is 16.6 Å².